The number of rotatable bonds is 4. The summed E-state index contributed by atoms with van der Waals surface area (Å²) < 4.78 is 4.72. The normalized spacial score (nSPS) is 10.1. The number of nitro groups is 1. The van der Waals surface area contributed by atoms with Crippen LogP contribution < -0.4 is 0 Å². The molecule has 0 amide bonds. The number of esters is 1. The van der Waals surface area contributed by atoms with Crippen LogP contribution >= 0.6 is 11.8 Å². The number of hydrogen-bond acceptors (Lipinski definition) is 5. The van der Waals surface area contributed by atoms with Crippen molar-refractivity contribution in [2.75, 3.05) is 7.11 Å². The SMILES string of the molecule is COC(=O)c1ccccc1Sc1ccc([N+](=O)[O-])cc1. The van der Waals surface area contributed by atoms with Crippen molar-refractivity contribution in [3.8, 4) is 0 Å². The first-order valence-corrected chi connectivity index (χ1v) is 6.53. The number of hydrogen-bond donors (Lipinski definition) is 0. The molecule has 0 saturated heterocycles. The Morgan fingerprint density at radius 2 is 1.80 bits per heavy atom. The molecule has 102 valence electrons. The van der Waals surface area contributed by atoms with Crippen LogP contribution in [0.4, 0.5) is 5.69 Å². The molecule has 0 fully saturated rings. The fourth-order valence-electron chi connectivity index (χ4n) is 1.60. The summed E-state index contributed by atoms with van der Waals surface area (Å²) >= 11 is 1.35. The largest absolute Gasteiger partial charge is 0.465 e. The van der Waals surface area contributed by atoms with Crippen LogP contribution in [0.25, 0.3) is 0 Å². The van der Waals surface area contributed by atoms with Crippen molar-refractivity contribution in [1.29, 1.82) is 0 Å². The fraction of sp³-hybridized carbons (Fsp3) is 0.0714. The van der Waals surface area contributed by atoms with E-state index in [2.05, 4.69) is 0 Å². The second-order valence-corrected chi connectivity index (χ2v) is 4.96. The smallest absolute Gasteiger partial charge is 0.339 e. The van der Waals surface area contributed by atoms with Crippen molar-refractivity contribution in [1.82, 2.24) is 0 Å². The van der Waals surface area contributed by atoms with E-state index >= 15 is 0 Å². The lowest BCUT2D eigenvalue weighted by atomic mass is 10.2. The van der Waals surface area contributed by atoms with Crippen molar-refractivity contribution in [2.45, 2.75) is 9.79 Å². The number of non-ortho nitro benzene ring substituents is 1. The summed E-state index contributed by atoms with van der Waals surface area (Å²) in [4.78, 5) is 23.3. The van der Waals surface area contributed by atoms with Gasteiger partial charge >= 0.3 is 5.97 Å². The molecular formula is C14H11NO4S. The van der Waals surface area contributed by atoms with Crippen molar-refractivity contribution < 1.29 is 14.5 Å². The highest BCUT2D eigenvalue weighted by atomic mass is 32.2. The predicted molar refractivity (Wildman–Crippen MR) is 75.0 cm³/mol. The first kappa shape index (κ1) is 14.1. The number of benzene rings is 2. The Kier molecular flexibility index (Phi) is 4.37. The van der Waals surface area contributed by atoms with E-state index in [1.54, 1.807) is 30.3 Å². The highest BCUT2D eigenvalue weighted by Crippen LogP contribution is 2.31. The molecule has 0 aliphatic heterocycles. The number of carbonyl (C=O) groups is 1. The summed E-state index contributed by atoms with van der Waals surface area (Å²) in [7, 11) is 1.33. The number of methoxy groups -OCH3 is 1. The van der Waals surface area contributed by atoms with Crippen molar-refractivity contribution in [3.05, 3.63) is 64.2 Å². The van der Waals surface area contributed by atoms with E-state index in [9.17, 15) is 14.9 Å². The van der Waals surface area contributed by atoms with Crippen molar-refractivity contribution in [2.24, 2.45) is 0 Å². The maximum atomic E-state index is 11.6. The monoisotopic (exact) mass is 289 g/mol. The summed E-state index contributed by atoms with van der Waals surface area (Å²) in [5.74, 6) is -0.407. The van der Waals surface area contributed by atoms with Gasteiger partial charge in [0.2, 0.25) is 0 Å². The third-order valence-electron chi connectivity index (χ3n) is 2.57. The van der Waals surface area contributed by atoms with E-state index in [-0.39, 0.29) is 5.69 Å². The summed E-state index contributed by atoms with van der Waals surface area (Å²) in [6, 6.07) is 13.2. The first-order valence-electron chi connectivity index (χ1n) is 5.71. The number of carbonyl (C=O) groups excluding carboxylic acids is 1. The molecule has 0 spiro atoms. The number of nitrogens with zero attached hydrogens (tertiary/aromatic N) is 1. The second kappa shape index (κ2) is 6.21. The molecule has 20 heavy (non-hydrogen) atoms. The molecule has 0 saturated carbocycles. The molecule has 5 nitrogen and oxygen atoms in total. The van der Waals surface area contributed by atoms with E-state index in [0.29, 0.717) is 5.56 Å². The van der Waals surface area contributed by atoms with Gasteiger partial charge in [-0.2, -0.15) is 0 Å². The van der Waals surface area contributed by atoms with Crippen molar-refractivity contribution in [3.63, 3.8) is 0 Å². The van der Waals surface area contributed by atoms with E-state index < -0.39 is 10.9 Å². The van der Waals surface area contributed by atoms with Gasteiger partial charge in [-0.1, -0.05) is 23.9 Å². The molecule has 0 unspecified atom stereocenters. The lowest BCUT2D eigenvalue weighted by molar-refractivity contribution is -0.384. The lowest BCUT2D eigenvalue weighted by Gasteiger charge is -2.07. The Bertz CT molecular complexity index is 640. The minimum absolute atomic E-state index is 0.0376. The molecule has 6 heteroatoms. The van der Waals surface area contributed by atoms with Gasteiger partial charge in [0.15, 0.2) is 0 Å². The molecule has 2 aromatic rings. The average molecular weight is 289 g/mol. The van der Waals surface area contributed by atoms with E-state index in [1.165, 1.54) is 31.0 Å². The predicted octanol–water partition coefficient (Wildman–Crippen LogP) is 3.53. The Hall–Kier alpha value is -2.34. The molecule has 0 heterocycles. The molecule has 0 aromatic heterocycles. The van der Waals surface area contributed by atoms with Crippen LogP contribution in [0.15, 0.2) is 58.3 Å². The zero-order valence-corrected chi connectivity index (χ0v) is 11.4. The Balaban J connectivity index is 2.26. The third kappa shape index (κ3) is 3.16. The minimum Gasteiger partial charge on any atom is -0.465 e. The zero-order chi connectivity index (χ0) is 14.5. The summed E-state index contributed by atoms with van der Waals surface area (Å²) in [6.07, 6.45) is 0. The van der Waals surface area contributed by atoms with Gasteiger partial charge in [0, 0.05) is 21.9 Å². The molecule has 0 radical (unpaired) electrons. The molecule has 2 aromatic carbocycles. The van der Waals surface area contributed by atoms with Gasteiger partial charge in [0.1, 0.15) is 0 Å². The second-order valence-electron chi connectivity index (χ2n) is 3.84. The molecule has 2 rings (SSSR count). The van der Waals surface area contributed by atoms with Crippen molar-refractivity contribution >= 4 is 23.4 Å². The van der Waals surface area contributed by atoms with Gasteiger partial charge < -0.3 is 4.74 Å². The van der Waals surface area contributed by atoms with Crippen LogP contribution in [0.2, 0.25) is 0 Å². The maximum absolute atomic E-state index is 11.6. The Morgan fingerprint density at radius 1 is 1.15 bits per heavy atom. The molecular weight excluding hydrogens is 278 g/mol. The first-order chi connectivity index (χ1) is 9.61. The van der Waals surface area contributed by atoms with Crippen LogP contribution in [-0.2, 0) is 4.74 Å². The molecule has 0 aliphatic rings. The minimum atomic E-state index is -0.448. The van der Waals surface area contributed by atoms with Gasteiger partial charge in [-0.15, -0.1) is 0 Å². The highest BCUT2D eigenvalue weighted by Gasteiger charge is 2.12. The van der Waals surface area contributed by atoms with Crippen LogP contribution in [0.1, 0.15) is 10.4 Å². The zero-order valence-electron chi connectivity index (χ0n) is 10.6. The van der Waals surface area contributed by atoms with Crippen LogP contribution in [0.5, 0.6) is 0 Å². The quantitative estimate of drug-likeness (QED) is 0.489. The van der Waals surface area contributed by atoms with Gasteiger partial charge in [0.25, 0.3) is 5.69 Å². The fourth-order valence-corrected chi connectivity index (χ4v) is 2.53. The van der Waals surface area contributed by atoms with Crippen LogP contribution in [-0.4, -0.2) is 18.0 Å². The Labute approximate surface area is 119 Å². The third-order valence-corrected chi connectivity index (χ3v) is 3.65. The maximum Gasteiger partial charge on any atom is 0.339 e. The lowest BCUT2D eigenvalue weighted by Crippen LogP contribution is -2.02. The summed E-state index contributed by atoms with van der Waals surface area (Å²) in [6.45, 7) is 0. The van der Waals surface area contributed by atoms with E-state index in [0.717, 1.165) is 9.79 Å². The molecule has 0 aliphatic carbocycles. The highest BCUT2D eigenvalue weighted by molar-refractivity contribution is 7.99. The summed E-state index contributed by atoms with van der Waals surface area (Å²) in [5.41, 5.74) is 0.508. The Morgan fingerprint density at radius 3 is 2.40 bits per heavy atom. The average Bonchev–Trinajstić information content (AvgIpc) is 2.47. The number of nitro benzene ring substituents is 1. The van der Waals surface area contributed by atoms with E-state index in [4.69, 9.17) is 4.74 Å². The standard InChI is InChI=1S/C14H11NO4S/c1-19-14(16)12-4-2-3-5-13(12)20-11-8-6-10(7-9-11)15(17)18/h2-9H,1H3. The van der Waals surface area contributed by atoms with Gasteiger partial charge in [-0.05, 0) is 24.3 Å². The molecule has 0 bridgehead atoms. The van der Waals surface area contributed by atoms with Gasteiger partial charge in [-0.25, -0.2) is 4.79 Å². The van der Waals surface area contributed by atoms with E-state index in [1.807, 2.05) is 6.07 Å². The van der Waals surface area contributed by atoms with Crippen LogP contribution in [0, 0.1) is 10.1 Å². The summed E-state index contributed by atoms with van der Waals surface area (Å²) in [5, 5.41) is 10.6. The van der Waals surface area contributed by atoms with Gasteiger partial charge in [0.05, 0.1) is 17.6 Å². The molecule has 0 atom stereocenters. The topological polar surface area (TPSA) is 69.4 Å². The van der Waals surface area contributed by atoms with Crippen LogP contribution in [0.3, 0.4) is 0 Å². The van der Waals surface area contributed by atoms with Gasteiger partial charge in [-0.3, -0.25) is 10.1 Å². The molecule has 0 N–H and O–H groups in total. The number of ether oxygens (including phenoxy) is 1.